The summed E-state index contributed by atoms with van der Waals surface area (Å²) in [6.45, 7) is 0. The zero-order chi connectivity index (χ0) is 15.6. The summed E-state index contributed by atoms with van der Waals surface area (Å²) in [6, 6.07) is 18.3. The third-order valence-electron chi connectivity index (χ3n) is 4.31. The molecule has 0 atom stereocenters. The predicted molar refractivity (Wildman–Crippen MR) is 96.2 cm³/mol. The minimum Gasteiger partial charge on any atom is -0.321 e. The van der Waals surface area contributed by atoms with E-state index in [2.05, 4.69) is 17.4 Å². The van der Waals surface area contributed by atoms with Crippen molar-refractivity contribution in [3.05, 3.63) is 76.0 Å². The van der Waals surface area contributed by atoms with Gasteiger partial charge in [-0.15, -0.1) is 11.3 Å². The zero-order valence-electron chi connectivity index (χ0n) is 12.7. The van der Waals surface area contributed by atoms with E-state index in [1.807, 2.05) is 47.8 Å². The largest absolute Gasteiger partial charge is 0.321 e. The van der Waals surface area contributed by atoms with Gasteiger partial charge in [-0.05, 0) is 59.5 Å². The molecule has 0 unspecified atom stereocenters. The SMILES string of the molecule is O=C(Nc1ccc2c(c1)CCC2)c1sccc1-c1ccccc1. The Morgan fingerprint density at radius 3 is 2.65 bits per heavy atom. The monoisotopic (exact) mass is 319 g/mol. The average molecular weight is 319 g/mol. The lowest BCUT2D eigenvalue weighted by Gasteiger charge is -2.08. The Kier molecular flexibility index (Phi) is 3.72. The van der Waals surface area contributed by atoms with Crippen LogP contribution in [0.3, 0.4) is 0 Å². The molecule has 1 amide bonds. The number of fused-ring (bicyclic) bond motifs is 1. The minimum atomic E-state index is -0.0307. The topological polar surface area (TPSA) is 29.1 Å². The van der Waals surface area contributed by atoms with Crippen molar-refractivity contribution in [2.24, 2.45) is 0 Å². The molecule has 2 aromatic carbocycles. The molecular formula is C20H17NOS. The highest BCUT2D eigenvalue weighted by Crippen LogP contribution is 2.30. The van der Waals surface area contributed by atoms with Crippen LogP contribution in [0.2, 0.25) is 0 Å². The third-order valence-corrected chi connectivity index (χ3v) is 5.23. The van der Waals surface area contributed by atoms with Gasteiger partial charge in [-0.2, -0.15) is 0 Å². The summed E-state index contributed by atoms with van der Waals surface area (Å²) in [5.74, 6) is -0.0307. The summed E-state index contributed by atoms with van der Waals surface area (Å²) in [5, 5.41) is 5.03. The van der Waals surface area contributed by atoms with Crippen molar-refractivity contribution in [2.75, 3.05) is 5.32 Å². The predicted octanol–water partition coefficient (Wildman–Crippen LogP) is 5.16. The van der Waals surface area contributed by atoms with Gasteiger partial charge in [-0.3, -0.25) is 4.79 Å². The molecule has 1 aliphatic carbocycles. The second kappa shape index (κ2) is 6.01. The van der Waals surface area contributed by atoms with Gasteiger partial charge in [0.05, 0.1) is 4.88 Å². The van der Waals surface area contributed by atoms with Crippen molar-refractivity contribution in [1.29, 1.82) is 0 Å². The van der Waals surface area contributed by atoms with E-state index >= 15 is 0 Å². The van der Waals surface area contributed by atoms with E-state index in [9.17, 15) is 4.79 Å². The number of rotatable bonds is 3. The maximum Gasteiger partial charge on any atom is 0.266 e. The molecule has 0 bridgehead atoms. The van der Waals surface area contributed by atoms with E-state index in [1.165, 1.54) is 28.9 Å². The van der Waals surface area contributed by atoms with Crippen molar-refractivity contribution in [1.82, 2.24) is 0 Å². The number of carbonyl (C=O) groups excluding carboxylic acids is 1. The zero-order valence-corrected chi connectivity index (χ0v) is 13.5. The number of thiophene rings is 1. The van der Waals surface area contributed by atoms with Gasteiger partial charge < -0.3 is 5.32 Å². The summed E-state index contributed by atoms with van der Waals surface area (Å²) in [6.07, 6.45) is 3.50. The number of benzene rings is 2. The number of aryl methyl sites for hydroxylation is 2. The Bertz CT molecular complexity index is 851. The third kappa shape index (κ3) is 2.80. The van der Waals surface area contributed by atoms with Gasteiger partial charge in [-0.1, -0.05) is 36.4 Å². The fourth-order valence-corrected chi connectivity index (χ4v) is 3.98. The first-order valence-electron chi connectivity index (χ1n) is 7.87. The number of anilines is 1. The van der Waals surface area contributed by atoms with Crippen LogP contribution in [0.1, 0.15) is 27.2 Å². The Hall–Kier alpha value is -2.39. The van der Waals surface area contributed by atoms with Gasteiger partial charge in [0.25, 0.3) is 5.91 Å². The van der Waals surface area contributed by atoms with Crippen LogP contribution < -0.4 is 5.32 Å². The quantitative estimate of drug-likeness (QED) is 0.710. The molecule has 0 saturated carbocycles. The van der Waals surface area contributed by atoms with E-state index in [0.29, 0.717) is 0 Å². The van der Waals surface area contributed by atoms with Crippen LogP contribution in [0.25, 0.3) is 11.1 Å². The van der Waals surface area contributed by atoms with Crippen molar-refractivity contribution < 1.29 is 4.79 Å². The Morgan fingerprint density at radius 2 is 1.78 bits per heavy atom. The molecule has 0 fully saturated rings. The normalized spacial score (nSPS) is 12.9. The molecule has 1 heterocycles. The summed E-state index contributed by atoms with van der Waals surface area (Å²) in [4.78, 5) is 13.4. The lowest BCUT2D eigenvalue weighted by molar-refractivity contribution is 0.103. The molecule has 3 aromatic rings. The van der Waals surface area contributed by atoms with Crippen LogP contribution in [0.4, 0.5) is 5.69 Å². The molecule has 0 aliphatic heterocycles. The van der Waals surface area contributed by atoms with Gasteiger partial charge in [0, 0.05) is 11.3 Å². The highest BCUT2D eigenvalue weighted by atomic mass is 32.1. The fraction of sp³-hybridized carbons (Fsp3) is 0.150. The minimum absolute atomic E-state index is 0.0307. The van der Waals surface area contributed by atoms with E-state index in [0.717, 1.165) is 34.5 Å². The molecule has 4 rings (SSSR count). The molecule has 0 radical (unpaired) electrons. The van der Waals surface area contributed by atoms with Crippen LogP contribution in [0.5, 0.6) is 0 Å². The van der Waals surface area contributed by atoms with Crippen molar-refractivity contribution >= 4 is 22.9 Å². The van der Waals surface area contributed by atoms with E-state index < -0.39 is 0 Å². The van der Waals surface area contributed by atoms with Crippen LogP contribution in [0.15, 0.2) is 60.0 Å². The number of carbonyl (C=O) groups is 1. The van der Waals surface area contributed by atoms with E-state index in [4.69, 9.17) is 0 Å². The molecule has 0 saturated heterocycles. The second-order valence-electron chi connectivity index (χ2n) is 5.82. The first-order valence-corrected chi connectivity index (χ1v) is 8.75. The number of nitrogens with one attached hydrogen (secondary N) is 1. The lowest BCUT2D eigenvalue weighted by Crippen LogP contribution is -2.11. The first kappa shape index (κ1) is 14.2. The Morgan fingerprint density at radius 1 is 0.957 bits per heavy atom. The maximum atomic E-state index is 12.7. The molecule has 3 heteroatoms. The number of hydrogen-bond donors (Lipinski definition) is 1. The number of amides is 1. The Labute approximate surface area is 139 Å². The summed E-state index contributed by atoms with van der Waals surface area (Å²) >= 11 is 1.49. The van der Waals surface area contributed by atoms with Gasteiger partial charge in [0.1, 0.15) is 0 Å². The molecule has 2 nitrogen and oxygen atoms in total. The highest BCUT2D eigenvalue weighted by molar-refractivity contribution is 7.12. The van der Waals surface area contributed by atoms with Gasteiger partial charge in [0.15, 0.2) is 0 Å². The van der Waals surface area contributed by atoms with Crippen LogP contribution in [-0.2, 0) is 12.8 Å². The molecular weight excluding hydrogens is 302 g/mol. The first-order chi connectivity index (χ1) is 11.3. The Balaban J connectivity index is 1.60. The summed E-state index contributed by atoms with van der Waals surface area (Å²) in [7, 11) is 0. The van der Waals surface area contributed by atoms with Gasteiger partial charge in [-0.25, -0.2) is 0 Å². The van der Waals surface area contributed by atoms with Crippen molar-refractivity contribution in [3.8, 4) is 11.1 Å². The van der Waals surface area contributed by atoms with Crippen LogP contribution in [-0.4, -0.2) is 5.91 Å². The summed E-state index contributed by atoms with van der Waals surface area (Å²) < 4.78 is 0. The van der Waals surface area contributed by atoms with Crippen molar-refractivity contribution in [3.63, 3.8) is 0 Å². The molecule has 1 N–H and O–H groups in total. The fourth-order valence-electron chi connectivity index (χ4n) is 3.17. The molecule has 23 heavy (non-hydrogen) atoms. The number of hydrogen-bond acceptors (Lipinski definition) is 2. The van der Waals surface area contributed by atoms with E-state index in [-0.39, 0.29) is 5.91 Å². The highest BCUT2D eigenvalue weighted by Gasteiger charge is 2.16. The summed E-state index contributed by atoms with van der Waals surface area (Å²) in [5.41, 5.74) is 5.76. The smallest absolute Gasteiger partial charge is 0.266 e. The molecule has 114 valence electrons. The van der Waals surface area contributed by atoms with E-state index in [1.54, 1.807) is 0 Å². The second-order valence-corrected chi connectivity index (χ2v) is 6.74. The van der Waals surface area contributed by atoms with Gasteiger partial charge >= 0.3 is 0 Å². The van der Waals surface area contributed by atoms with Crippen LogP contribution >= 0.6 is 11.3 Å². The molecule has 0 spiro atoms. The maximum absolute atomic E-state index is 12.7. The molecule has 1 aromatic heterocycles. The van der Waals surface area contributed by atoms with Crippen molar-refractivity contribution in [2.45, 2.75) is 19.3 Å². The standard InChI is InChI=1S/C20H17NOS/c22-20(21-17-10-9-14-7-4-8-16(14)13-17)19-18(11-12-23-19)15-5-2-1-3-6-15/h1-3,5-6,9-13H,4,7-8H2,(H,21,22). The van der Waals surface area contributed by atoms with Crippen LogP contribution in [0, 0.1) is 0 Å². The average Bonchev–Trinajstić information content (AvgIpc) is 3.24. The molecule has 1 aliphatic rings. The lowest BCUT2D eigenvalue weighted by atomic mass is 10.1. The van der Waals surface area contributed by atoms with Gasteiger partial charge in [0.2, 0.25) is 0 Å².